The molecule has 5 nitrogen and oxygen atoms in total. The number of aryl methyl sites for hydroxylation is 1. The van der Waals surface area contributed by atoms with Crippen LogP contribution in [-0.2, 0) is 25.9 Å². The minimum atomic E-state index is 0.282. The van der Waals surface area contributed by atoms with Crippen molar-refractivity contribution < 1.29 is 9.84 Å². The van der Waals surface area contributed by atoms with Gasteiger partial charge in [0.05, 0.1) is 7.11 Å². The molecule has 0 spiro atoms. The van der Waals surface area contributed by atoms with E-state index in [0.29, 0.717) is 12.3 Å². The lowest BCUT2D eigenvalue weighted by molar-refractivity contribution is 0.239. The Bertz CT molecular complexity index is 688. The number of hydrogen-bond donors (Lipinski definition) is 1. The molecular weight excluding hydrogens is 290 g/mol. The quantitative estimate of drug-likeness (QED) is 0.920. The zero-order chi connectivity index (χ0) is 16.2. The van der Waals surface area contributed by atoms with Gasteiger partial charge in [0.2, 0.25) is 0 Å². The molecule has 0 fully saturated rings. The van der Waals surface area contributed by atoms with Gasteiger partial charge in [-0.15, -0.1) is 0 Å². The summed E-state index contributed by atoms with van der Waals surface area (Å²) in [6.45, 7) is 4.63. The van der Waals surface area contributed by atoms with Crippen molar-refractivity contribution in [3.8, 4) is 11.5 Å². The first-order chi connectivity index (χ1) is 11.2. The molecule has 1 aliphatic rings. The minimum absolute atomic E-state index is 0.282. The third-order valence-corrected chi connectivity index (χ3v) is 4.22. The molecule has 0 atom stereocenters. The normalized spacial score (nSPS) is 14.5. The molecular formula is C18H23N3O2. The van der Waals surface area contributed by atoms with Gasteiger partial charge < -0.3 is 9.84 Å². The van der Waals surface area contributed by atoms with E-state index in [1.807, 2.05) is 18.3 Å². The number of aromatic hydroxyl groups is 1. The number of ether oxygens (including phenoxy) is 1. The highest BCUT2D eigenvalue weighted by molar-refractivity contribution is 5.39. The highest BCUT2D eigenvalue weighted by atomic mass is 16.5. The summed E-state index contributed by atoms with van der Waals surface area (Å²) in [6.07, 6.45) is 4.91. The maximum absolute atomic E-state index is 10.1. The fraction of sp³-hybridized carbons (Fsp3) is 0.444. The second kappa shape index (κ2) is 6.96. The molecule has 1 N–H and O–H groups in total. The van der Waals surface area contributed by atoms with Gasteiger partial charge in [-0.3, -0.25) is 4.90 Å². The Morgan fingerprint density at radius 1 is 1.35 bits per heavy atom. The zero-order valence-electron chi connectivity index (χ0n) is 13.7. The predicted octanol–water partition coefficient (Wildman–Crippen LogP) is 2.70. The maximum Gasteiger partial charge on any atom is 0.128 e. The number of aromatic nitrogens is 2. The summed E-state index contributed by atoms with van der Waals surface area (Å²) in [7, 11) is 1.60. The molecule has 5 heteroatoms. The van der Waals surface area contributed by atoms with Gasteiger partial charge in [-0.05, 0) is 12.5 Å². The molecule has 0 saturated carbocycles. The molecule has 23 heavy (non-hydrogen) atoms. The lowest BCUT2D eigenvalue weighted by atomic mass is 10.1. The fourth-order valence-corrected chi connectivity index (χ4v) is 2.94. The Labute approximate surface area is 137 Å². The fourth-order valence-electron chi connectivity index (χ4n) is 2.94. The van der Waals surface area contributed by atoms with E-state index >= 15 is 0 Å². The number of fused-ring (bicyclic) bond motifs is 1. The van der Waals surface area contributed by atoms with Crippen LogP contribution in [-0.4, -0.2) is 33.6 Å². The summed E-state index contributed by atoms with van der Waals surface area (Å²) < 4.78 is 5.13. The van der Waals surface area contributed by atoms with E-state index in [0.717, 1.165) is 43.7 Å². The first kappa shape index (κ1) is 15.7. The van der Waals surface area contributed by atoms with Crippen LogP contribution < -0.4 is 4.74 Å². The number of methoxy groups -OCH3 is 1. The Kier molecular flexibility index (Phi) is 4.76. The molecule has 2 aromatic rings. The molecule has 0 saturated heterocycles. The smallest absolute Gasteiger partial charge is 0.128 e. The number of nitrogens with zero attached hydrogens (tertiary/aromatic N) is 3. The maximum atomic E-state index is 10.1. The Balaban J connectivity index is 1.70. The van der Waals surface area contributed by atoms with E-state index in [1.165, 1.54) is 11.3 Å². The van der Waals surface area contributed by atoms with Gasteiger partial charge in [-0.1, -0.05) is 13.0 Å². The SMILES string of the molecule is CCCc1ncc2c(n1)CCN(Cc1ccc(OC)cc1O)C2. The van der Waals surface area contributed by atoms with Crippen LogP contribution in [0.1, 0.15) is 36.0 Å². The minimum Gasteiger partial charge on any atom is -0.507 e. The number of phenols is 1. The van der Waals surface area contributed by atoms with Gasteiger partial charge in [0, 0.05) is 61.6 Å². The van der Waals surface area contributed by atoms with Crippen LogP contribution in [0, 0.1) is 0 Å². The highest BCUT2D eigenvalue weighted by Gasteiger charge is 2.19. The second-order valence-corrected chi connectivity index (χ2v) is 5.96. The Morgan fingerprint density at radius 3 is 2.96 bits per heavy atom. The van der Waals surface area contributed by atoms with E-state index in [-0.39, 0.29) is 5.75 Å². The van der Waals surface area contributed by atoms with Crippen molar-refractivity contribution in [2.24, 2.45) is 0 Å². The van der Waals surface area contributed by atoms with Crippen molar-refractivity contribution in [2.75, 3.05) is 13.7 Å². The van der Waals surface area contributed by atoms with Crippen molar-refractivity contribution in [3.63, 3.8) is 0 Å². The molecule has 122 valence electrons. The lowest BCUT2D eigenvalue weighted by Gasteiger charge is -2.28. The summed E-state index contributed by atoms with van der Waals surface area (Å²) in [5.74, 6) is 1.91. The van der Waals surface area contributed by atoms with Crippen LogP contribution >= 0.6 is 0 Å². The molecule has 1 aromatic carbocycles. The molecule has 0 unspecified atom stereocenters. The summed E-state index contributed by atoms with van der Waals surface area (Å²) >= 11 is 0. The van der Waals surface area contributed by atoms with E-state index in [2.05, 4.69) is 21.8 Å². The van der Waals surface area contributed by atoms with Gasteiger partial charge >= 0.3 is 0 Å². The second-order valence-electron chi connectivity index (χ2n) is 5.96. The average molecular weight is 313 g/mol. The highest BCUT2D eigenvalue weighted by Crippen LogP contribution is 2.26. The molecule has 1 aliphatic heterocycles. The first-order valence-electron chi connectivity index (χ1n) is 8.11. The largest absolute Gasteiger partial charge is 0.507 e. The van der Waals surface area contributed by atoms with Crippen molar-refractivity contribution >= 4 is 0 Å². The van der Waals surface area contributed by atoms with E-state index < -0.39 is 0 Å². The van der Waals surface area contributed by atoms with Crippen LogP contribution in [0.2, 0.25) is 0 Å². The molecule has 0 bridgehead atoms. The molecule has 0 amide bonds. The van der Waals surface area contributed by atoms with Gasteiger partial charge in [0.1, 0.15) is 17.3 Å². The molecule has 2 heterocycles. The van der Waals surface area contributed by atoms with E-state index in [1.54, 1.807) is 13.2 Å². The standard InChI is InChI=1S/C18H23N3O2/c1-3-4-18-19-10-14-12-21(8-7-16(14)20-18)11-13-5-6-15(23-2)9-17(13)22/h5-6,9-10,22H,3-4,7-8,11-12H2,1-2H3. The van der Waals surface area contributed by atoms with Gasteiger partial charge in [0.25, 0.3) is 0 Å². The predicted molar refractivity (Wildman–Crippen MR) is 88.5 cm³/mol. The van der Waals surface area contributed by atoms with Gasteiger partial charge in [-0.25, -0.2) is 9.97 Å². The number of phenolic OH excluding ortho intramolecular Hbond substituents is 1. The summed E-state index contributed by atoms with van der Waals surface area (Å²) in [5, 5.41) is 10.1. The van der Waals surface area contributed by atoms with Crippen LogP contribution in [0.4, 0.5) is 0 Å². The van der Waals surface area contributed by atoms with Gasteiger partial charge in [-0.2, -0.15) is 0 Å². The van der Waals surface area contributed by atoms with E-state index in [9.17, 15) is 5.11 Å². The van der Waals surface area contributed by atoms with E-state index in [4.69, 9.17) is 4.74 Å². The van der Waals surface area contributed by atoms with Crippen LogP contribution in [0.15, 0.2) is 24.4 Å². The van der Waals surface area contributed by atoms with Crippen LogP contribution in [0.25, 0.3) is 0 Å². The molecule has 3 rings (SSSR count). The summed E-state index contributed by atoms with van der Waals surface area (Å²) in [5.41, 5.74) is 3.29. The van der Waals surface area contributed by atoms with Crippen LogP contribution in [0.3, 0.4) is 0 Å². The first-order valence-corrected chi connectivity index (χ1v) is 8.11. The Hall–Kier alpha value is -2.14. The van der Waals surface area contributed by atoms with Gasteiger partial charge in [0.15, 0.2) is 0 Å². The number of benzene rings is 1. The monoisotopic (exact) mass is 313 g/mol. The molecule has 0 radical (unpaired) electrons. The van der Waals surface area contributed by atoms with Crippen molar-refractivity contribution in [1.29, 1.82) is 0 Å². The third-order valence-electron chi connectivity index (χ3n) is 4.22. The van der Waals surface area contributed by atoms with Crippen molar-refractivity contribution in [1.82, 2.24) is 14.9 Å². The zero-order valence-corrected chi connectivity index (χ0v) is 13.7. The lowest BCUT2D eigenvalue weighted by Crippen LogP contribution is -2.31. The number of hydrogen-bond acceptors (Lipinski definition) is 5. The third kappa shape index (κ3) is 3.62. The van der Waals surface area contributed by atoms with Crippen molar-refractivity contribution in [3.05, 3.63) is 47.0 Å². The average Bonchev–Trinajstić information content (AvgIpc) is 2.57. The number of rotatable bonds is 5. The molecule has 1 aromatic heterocycles. The molecule has 0 aliphatic carbocycles. The summed E-state index contributed by atoms with van der Waals surface area (Å²) in [4.78, 5) is 11.5. The topological polar surface area (TPSA) is 58.5 Å². The van der Waals surface area contributed by atoms with Crippen LogP contribution in [0.5, 0.6) is 11.5 Å². The van der Waals surface area contributed by atoms with Crippen molar-refractivity contribution in [2.45, 2.75) is 39.3 Å². The summed E-state index contributed by atoms with van der Waals surface area (Å²) in [6, 6.07) is 5.46. The Morgan fingerprint density at radius 2 is 2.22 bits per heavy atom.